The monoisotopic (exact) mass is 388 g/mol. The first-order valence-electron chi connectivity index (χ1n) is 9.93. The molecule has 30 heavy (non-hydrogen) atoms. The van der Waals surface area contributed by atoms with Crippen molar-refractivity contribution < 1.29 is 0 Å². The molecular weight excluding hydrogens is 368 g/mol. The highest BCUT2D eigenvalue weighted by Gasteiger charge is 2.18. The summed E-state index contributed by atoms with van der Waals surface area (Å²) in [4.78, 5) is 16.3. The van der Waals surface area contributed by atoms with E-state index in [2.05, 4.69) is 28.5 Å². The molecule has 144 valence electrons. The second-order valence-corrected chi connectivity index (χ2v) is 7.16. The van der Waals surface area contributed by atoms with Crippen molar-refractivity contribution in [2.24, 2.45) is 0 Å². The van der Waals surface area contributed by atoms with Gasteiger partial charge in [-0.2, -0.15) is 0 Å². The molecule has 1 aromatic heterocycles. The van der Waals surface area contributed by atoms with Crippen molar-refractivity contribution in [1.82, 2.24) is 4.98 Å². The molecule has 0 atom stereocenters. The number of H-pyrrole nitrogens is 1. The molecule has 3 nitrogen and oxygen atoms in total. The van der Waals surface area contributed by atoms with Crippen molar-refractivity contribution in [3.8, 4) is 22.3 Å². The Balaban J connectivity index is 1.88. The van der Waals surface area contributed by atoms with Crippen LogP contribution in [0.4, 0.5) is 11.4 Å². The molecule has 0 bridgehead atoms. The van der Waals surface area contributed by atoms with E-state index in [9.17, 15) is 4.79 Å². The number of hydrogen-bond acceptors (Lipinski definition) is 2. The standard InChI is InChI=1S/C27H20N2O/c30-27-24(20-13-6-2-7-14-20)26(28-21-15-8-3-9-16-21)25-22(17-10-18-23(25)29-27)19-11-4-1-5-12-19/h1-18H,(H2,28,29,30). The quantitative estimate of drug-likeness (QED) is 0.364. The Morgan fingerprint density at radius 3 is 1.87 bits per heavy atom. The molecule has 0 unspecified atom stereocenters. The molecule has 1 heterocycles. The second-order valence-electron chi connectivity index (χ2n) is 7.16. The molecule has 5 rings (SSSR count). The molecule has 0 radical (unpaired) electrons. The predicted octanol–water partition coefficient (Wildman–Crippen LogP) is 6.61. The van der Waals surface area contributed by atoms with Crippen molar-refractivity contribution in [3.05, 3.63) is 120 Å². The summed E-state index contributed by atoms with van der Waals surface area (Å²) in [6, 6.07) is 36.0. The summed E-state index contributed by atoms with van der Waals surface area (Å²) in [7, 11) is 0. The van der Waals surface area contributed by atoms with E-state index < -0.39 is 0 Å². The topological polar surface area (TPSA) is 44.9 Å². The highest BCUT2D eigenvalue weighted by atomic mass is 16.1. The number of para-hydroxylation sites is 1. The zero-order valence-electron chi connectivity index (χ0n) is 16.3. The summed E-state index contributed by atoms with van der Waals surface area (Å²) >= 11 is 0. The molecule has 0 aliphatic rings. The predicted molar refractivity (Wildman–Crippen MR) is 125 cm³/mol. The number of anilines is 2. The second kappa shape index (κ2) is 7.72. The average molecular weight is 388 g/mol. The minimum absolute atomic E-state index is 0.114. The number of pyridine rings is 1. The molecular formula is C27H20N2O. The molecule has 0 spiro atoms. The van der Waals surface area contributed by atoms with E-state index in [1.807, 2.05) is 91.0 Å². The molecule has 2 N–H and O–H groups in total. The van der Waals surface area contributed by atoms with E-state index in [0.717, 1.165) is 39.0 Å². The summed E-state index contributed by atoms with van der Waals surface area (Å²) in [5.74, 6) is 0. The molecule has 0 saturated heterocycles. The lowest BCUT2D eigenvalue weighted by Crippen LogP contribution is -2.13. The number of benzene rings is 4. The fourth-order valence-corrected chi connectivity index (χ4v) is 3.88. The number of rotatable bonds is 4. The van der Waals surface area contributed by atoms with Gasteiger partial charge in [0, 0.05) is 11.1 Å². The average Bonchev–Trinajstić information content (AvgIpc) is 2.80. The molecule has 0 fully saturated rings. The van der Waals surface area contributed by atoms with Gasteiger partial charge in [0.15, 0.2) is 0 Å². The number of aromatic nitrogens is 1. The van der Waals surface area contributed by atoms with Crippen LogP contribution >= 0.6 is 0 Å². The van der Waals surface area contributed by atoms with Crippen LogP contribution in [0, 0.1) is 0 Å². The Morgan fingerprint density at radius 2 is 1.20 bits per heavy atom. The lowest BCUT2D eigenvalue weighted by molar-refractivity contribution is 1.30. The molecule has 0 saturated carbocycles. The van der Waals surface area contributed by atoms with Gasteiger partial charge in [-0.3, -0.25) is 4.79 Å². The molecule has 0 aliphatic heterocycles. The van der Waals surface area contributed by atoms with Crippen molar-refractivity contribution in [2.45, 2.75) is 0 Å². The van der Waals surface area contributed by atoms with E-state index in [1.54, 1.807) is 0 Å². The van der Waals surface area contributed by atoms with Gasteiger partial charge in [-0.15, -0.1) is 0 Å². The third-order valence-corrected chi connectivity index (χ3v) is 5.23. The van der Waals surface area contributed by atoms with Crippen molar-refractivity contribution in [1.29, 1.82) is 0 Å². The van der Waals surface area contributed by atoms with E-state index in [1.165, 1.54) is 0 Å². The number of aromatic amines is 1. The number of fused-ring (bicyclic) bond motifs is 1. The van der Waals surface area contributed by atoms with Gasteiger partial charge >= 0.3 is 0 Å². The van der Waals surface area contributed by atoms with Gasteiger partial charge in [0.05, 0.1) is 16.8 Å². The first kappa shape index (κ1) is 18.0. The summed E-state index contributed by atoms with van der Waals surface area (Å²) in [5.41, 5.74) is 6.12. The summed E-state index contributed by atoms with van der Waals surface area (Å²) < 4.78 is 0. The van der Waals surface area contributed by atoms with Crippen LogP contribution in [0.5, 0.6) is 0 Å². The van der Waals surface area contributed by atoms with Crippen molar-refractivity contribution >= 4 is 22.3 Å². The van der Waals surface area contributed by atoms with Gasteiger partial charge in [0.1, 0.15) is 0 Å². The van der Waals surface area contributed by atoms with Crippen LogP contribution in [0.25, 0.3) is 33.2 Å². The third kappa shape index (κ3) is 3.27. The van der Waals surface area contributed by atoms with Crippen LogP contribution in [0.2, 0.25) is 0 Å². The maximum Gasteiger partial charge on any atom is 0.258 e. The zero-order chi connectivity index (χ0) is 20.3. The zero-order valence-corrected chi connectivity index (χ0v) is 16.3. The first-order valence-corrected chi connectivity index (χ1v) is 9.93. The van der Waals surface area contributed by atoms with E-state index >= 15 is 0 Å². The Labute approximate surface area is 174 Å². The van der Waals surface area contributed by atoms with Crippen LogP contribution in [-0.2, 0) is 0 Å². The molecule has 0 aliphatic carbocycles. The SMILES string of the molecule is O=c1[nH]c2cccc(-c3ccccc3)c2c(Nc2ccccc2)c1-c1ccccc1. The largest absolute Gasteiger partial charge is 0.354 e. The van der Waals surface area contributed by atoms with Crippen molar-refractivity contribution in [2.75, 3.05) is 5.32 Å². The smallest absolute Gasteiger partial charge is 0.258 e. The fraction of sp³-hybridized carbons (Fsp3) is 0. The van der Waals surface area contributed by atoms with Crippen LogP contribution in [-0.4, -0.2) is 4.98 Å². The minimum atomic E-state index is -0.114. The molecule has 3 heteroatoms. The van der Waals surface area contributed by atoms with Crippen LogP contribution in [0.3, 0.4) is 0 Å². The van der Waals surface area contributed by atoms with Gasteiger partial charge in [0.25, 0.3) is 5.56 Å². The van der Waals surface area contributed by atoms with E-state index in [0.29, 0.717) is 5.56 Å². The van der Waals surface area contributed by atoms with Gasteiger partial charge in [-0.1, -0.05) is 91.0 Å². The maximum atomic E-state index is 13.2. The lowest BCUT2D eigenvalue weighted by Gasteiger charge is -2.18. The van der Waals surface area contributed by atoms with Crippen molar-refractivity contribution in [3.63, 3.8) is 0 Å². The first-order chi connectivity index (χ1) is 14.8. The van der Waals surface area contributed by atoms with E-state index in [4.69, 9.17) is 0 Å². The molecule has 5 aromatic rings. The fourth-order valence-electron chi connectivity index (χ4n) is 3.88. The highest BCUT2D eigenvalue weighted by Crippen LogP contribution is 2.38. The molecule has 0 amide bonds. The summed E-state index contributed by atoms with van der Waals surface area (Å²) in [6.45, 7) is 0. The Bertz CT molecular complexity index is 1360. The maximum absolute atomic E-state index is 13.2. The van der Waals surface area contributed by atoms with Gasteiger partial charge in [0.2, 0.25) is 0 Å². The third-order valence-electron chi connectivity index (χ3n) is 5.23. The Hall–Kier alpha value is -4.11. The Morgan fingerprint density at radius 1 is 0.600 bits per heavy atom. The lowest BCUT2D eigenvalue weighted by atomic mass is 9.95. The van der Waals surface area contributed by atoms with Gasteiger partial charge in [-0.25, -0.2) is 0 Å². The highest BCUT2D eigenvalue weighted by molar-refractivity contribution is 6.08. The summed E-state index contributed by atoms with van der Waals surface area (Å²) in [5, 5.41) is 4.54. The van der Waals surface area contributed by atoms with E-state index in [-0.39, 0.29) is 5.56 Å². The van der Waals surface area contributed by atoms with Gasteiger partial charge < -0.3 is 10.3 Å². The number of nitrogens with one attached hydrogen (secondary N) is 2. The van der Waals surface area contributed by atoms with Gasteiger partial charge in [-0.05, 0) is 34.9 Å². The van der Waals surface area contributed by atoms with Crippen LogP contribution in [0.1, 0.15) is 0 Å². The Kier molecular flexibility index (Phi) is 4.62. The summed E-state index contributed by atoms with van der Waals surface area (Å²) in [6.07, 6.45) is 0. The normalized spacial score (nSPS) is 10.8. The number of hydrogen-bond donors (Lipinski definition) is 2. The molecule has 4 aromatic carbocycles. The van der Waals surface area contributed by atoms with Crippen LogP contribution < -0.4 is 10.9 Å². The van der Waals surface area contributed by atoms with Crippen LogP contribution in [0.15, 0.2) is 114 Å². The minimum Gasteiger partial charge on any atom is -0.354 e.